The summed E-state index contributed by atoms with van der Waals surface area (Å²) in [4.78, 5) is 0.0728. The van der Waals surface area contributed by atoms with Gasteiger partial charge >= 0.3 is 0 Å². The van der Waals surface area contributed by atoms with Gasteiger partial charge in [0.1, 0.15) is 4.90 Å². The van der Waals surface area contributed by atoms with Gasteiger partial charge in [-0.1, -0.05) is 0 Å². The van der Waals surface area contributed by atoms with Gasteiger partial charge in [0.25, 0.3) is 10.0 Å². The van der Waals surface area contributed by atoms with Gasteiger partial charge in [-0.05, 0) is 13.0 Å². The van der Waals surface area contributed by atoms with Crippen molar-refractivity contribution in [1.29, 1.82) is 0 Å². The molecule has 98 valence electrons. The molecule has 0 aliphatic carbocycles. The molecule has 0 spiro atoms. The maximum atomic E-state index is 11.8. The van der Waals surface area contributed by atoms with Gasteiger partial charge in [0.2, 0.25) is 5.90 Å². The van der Waals surface area contributed by atoms with Crippen molar-refractivity contribution < 1.29 is 22.6 Å². The summed E-state index contributed by atoms with van der Waals surface area (Å²) in [6.07, 6.45) is 0. The van der Waals surface area contributed by atoms with E-state index in [2.05, 4.69) is 4.40 Å². The quantitative estimate of drug-likeness (QED) is 0.825. The number of methoxy groups -OCH3 is 2. The van der Waals surface area contributed by atoms with E-state index in [1.165, 1.54) is 20.3 Å². The number of ether oxygens (including phenoxy) is 3. The van der Waals surface area contributed by atoms with E-state index in [1.807, 2.05) is 0 Å². The smallest absolute Gasteiger partial charge is 0.286 e. The fourth-order valence-corrected chi connectivity index (χ4v) is 2.84. The highest BCUT2D eigenvalue weighted by molar-refractivity contribution is 7.90. The van der Waals surface area contributed by atoms with E-state index >= 15 is 0 Å². The largest absolute Gasteiger partial charge is 0.493 e. The number of fused-ring (bicyclic) bond motifs is 1. The fraction of sp³-hybridized carbons (Fsp3) is 0.364. The molecule has 0 N–H and O–H groups in total. The van der Waals surface area contributed by atoms with Crippen molar-refractivity contribution in [2.45, 2.75) is 11.8 Å². The summed E-state index contributed by atoms with van der Waals surface area (Å²) in [6.45, 7) is 2.09. The van der Waals surface area contributed by atoms with Gasteiger partial charge in [0, 0.05) is 6.07 Å². The van der Waals surface area contributed by atoms with Crippen LogP contribution in [0.15, 0.2) is 21.4 Å². The summed E-state index contributed by atoms with van der Waals surface area (Å²) in [7, 11) is -0.789. The molecule has 18 heavy (non-hydrogen) atoms. The van der Waals surface area contributed by atoms with Gasteiger partial charge in [-0.25, -0.2) is 0 Å². The normalized spacial score (nSPS) is 15.8. The van der Waals surface area contributed by atoms with Crippen molar-refractivity contribution in [3.63, 3.8) is 0 Å². The lowest BCUT2D eigenvalue weighted by Gasteiger charge is -2.10. The summed E-state index contributed by atoms with van der Waals surface area (Å²) >= 11 is 0. The Morgan fingerprint density at radius 3 is 2.33 bits per heavy atom. The molecule has 0 atom stereocenters. The SMILES string of the molecule is CCOC1=NS(=O)(=O)c2cc(OC)c(OC)cc21. The van der Waals surface area contributed by atoms with E-state index in [9.17, 15) is 8.42 Å². The molecule has 1 aliphatic heterocycles. The van der Waals surface area contributed by atoms with Crippen LogP contribution in [-0.2, 0) is 14.8 Å². The predicted octanol–water partition coefficient (Wildman–Crippen LogP) is 1.19. The predicted molar refractivity (Wildman–Crippen MR) is 64.9 cm³/mol. The first-order valence-corrected chi connectivity index (χ1v) is 6.71. The van der Waals surface area contributed by atoms with Crippen LogP contribution in [0, 0.1) is 0 Å². The Morgan fingerprint density at radius 2 is 1.78 bits per heavy atom. The van der Waals surface area contributed by atoms with Gasteiger partial charge in [-0.3, -0.25) is 0 Å². The summed E-state index contributed by atoms with van der Waals surface area (Å²) in [5.41, 5.74) is 0.398. The molecule has 0 radical (unpaired) electrons. The van der Waals surface area contributed by atoms with E-state index in [0.717, 1.165) is 0 Å². The molecule has 2 rings (SSSR count). The minimum atomic E-state index is -3.71. The molecule has 1 heterocycles. The lowest BCUT2D eigenvalue weighted by Crippen LogP contribution is -2.04. The van der Waals surface area contributed by atoms with Crippen LogP contribution in [0.4, 0.5) is 0 Å². The highest BCUT2D eigenvalue weighted by atomic mass is 32.2. The number of nitrogens with zero attached hydrogens (tertiary/aromatic N) is 1. The van der Waals surface area contributed by atoms with Crippen molar-refractivity contribution in [2.75, 3.05) is 20.8 Å². The van der Waals surface area contributed by atoms with Crippen LogP contribution >= 0.6 is 0 Å². The Bertz CT molecular complexity index is 606. The number of benzene rings is 1. The van der Waals surface area contributed by atoms with Gasteiger partial charge in [-0.2, -0.15) is 8.42 Å². The molecular weight excluding hydrogens is 258 g/mol. The van der Waals surface area contributed by atoms with Crippen LogP contribution in [0.3, 0.4) is 0 Å². The molecule has 1 aromatic carbocycles. The van der Waals surface area contributed by atoms with Crippen LogP contribution in [0.2, 0.25) is 0 Å². The van der Waals surface area contributed by atoms with E-state index in [4.69, 9.17) is 14.2 Å². The van der Waals surface area contributed by atoms with E-state index in [-0.39, 0.29) is 10.8 Å². The molecule has 0 saturated heterocycles. The molecule has 0 amide bonds. The average molecular weight is 271 g/mol. The average Bonchev–Trinajstić information content (AvgIpc) is 2.59. The maximum absolute atomic E-state index is 11.8. The Balaban J connectivity index is 2.65. The van der Waals surface area contributed by atoms with Gasteiger partial charge in [0.15, 0.2) is 11.5 Å². The first-order valence-electron chi connectivity index (χ1n) is 5.27. The molecule has 6 nitrogen and oxygen atoms in total. The Kier molecular flexibility index (Phi) is 3.16. The molecule has 0 bridgehead atoms. The fourth-order valence-electron chi connectivity index (χ4n) is 1.69. The van der Waals surface area contributed by atoms with Gasteiger partial charge in [-0.15, -0.1) is 4.40 Å². The minimum Gasteiger partial charge on any atom is -0.493 e. The summed E-state index contributed by atoms with van der Waals surface area (Å²) < 4.78 is 42.7. The van der Waals surface area contributed by atoms with Crippen molar-refractivity contribution in [2.24, 2.45) is 4.40 Å². The van der Waals surface area contributed by atoms with Crippen molar-refractivity contribution in [3.05, 3.63) is 17.7 Å². The van der Waals surface area contributed by atoms with Crippen molar-refractivity contribution in [1.82, 2.24) is 0 Å². The summed E-state index contributed by atoms with van der Waals surface area (Å²) in [6, 6.07) is 2.94. The second kappa shape index (κ2) is 4.49. The number of sulfonamides is 1. The molecule has 1 aliphatic rings. The summed E-state index contributed by atoms with van der Waals surface area (Å²) in [5, 5.41) is 0. The Labute approximate surface area is 105 Å². The molecule has 0 saturated carbocycles. The van der Waals surface area contributed by atoms with Crippen molar-refractivity contribution in [3.8, 4) is 11.5 Å². The molecular formula is C11H13NO5S. The summed E-state index contributed by atoms with van der Waals surface area (Å²) in [5.74, 6) is 0.863. The maximum Gasteiger partial charge on any atom is 0.286 e. The Hall–Kier alpha value is -1.76. The zero-order chi connectivity index (χ0) is 13.3. The Morgan fingerprint density at radius 1 is 1.17 bits per heavy atom. The van der Waals surface area contributed by atoms with Crippen LogP contribution in [0.1, 0.15) is 12.5 Å². The number of rotatable bonds is 3. The standard InChI is InChI=1S/C11H13NO5S/c1-4-17-11-7-5-8(15-2)9(16-3)6-10(7)18(13,14)12-11/h5-6H,4H2,1-3H3. The molecule has 0 aromatic heterocycles. The third-order valence-electron chi connectivity index (χ3n) is 2.48. The molecule has 0 unspecified atom stereocenters. The lowest BCUT2D eigenvalue weighted by atomic mass is 10.2. The molecule has 7 heteroatoms. The lowest BCUT2D eigenvalue weighted by molar-refractivity contribution is 0.328. The topological polar surface area (TPSA) is 74.2 Å². The third-order valence-corrected chi connectivity index (χ3v) is 3.78. The minimum absolute atomic E-state index is 0.0728. The highest BCUT2D eigenvalue weighted by Gasteiger charge is 2.32. The highest BCUT2D eigenvalue weighted by Crippen LogP contribution is 2.37. The van der Waals surface area contributed by atoms with Crippen LogP contribution in [0.25, 0.3) is 0 Å². The van der Waals surface area contributed by atoms with Gasteiger partial charge < -0.3 is 14.2 Å². The van der Waals surface area contributed by atoms with E-state index in [1.54, 1.807) is 13.0 Å². The number of hydrogen-bond donors (Lipinski definition) is 0. The zero-order valence-corrected chi connectivity index (χ0v) is 11.1. The van der Waals surface area contributed by atoms with E-state index < -0.39 is 10.0 Å². The van der Waals surface area contributed by atoms with Crippen LogP contribution in [0.5, 0.6) is 11.5 Å². The van der Waals surface area contributed by atoms with Gasteiger partial charge in [0.05, 0.1) is 26.4 Å². The van der Waals surface area contributed by atoms with E-state index in [0.29, 0.717) is 23.7 Å². The third kappa shape index (κ3) is 1.90. The number of hydrogen-bond acceptors (Lipinski definition) is 5. The van der Waals surface area contributed by atoms with Crippen LogP contribution < -0.4 is 9.47 Å². The first kappa shape index (κ1) is 12.7. The zero-order valence-electron chi connectivity index (χ0n) is 10.3. The monoisotopic (exact) mass is 271 g/mol. The molecule has 1 aromatic rings. The second-order valence-corrected chi connectivity index (χ2v) is 5.08. The van der Waals surface area contributed by atoms with Crippen LogP contribution in [-0.4, -0.2) is 35.1 Å². The second-order valence-electron chi connectivity index (χ2n) is 3.51. The van der Waals surface area contributed by atoms with Crippen molar-refractivity contribution >= 4 is 15.9 Å². The first-order chi connectivity index (χ1) is 8.53. The molecule has 0 fully saturated rings.